The zero-order valence-electron chi connectivity index (χ0n) is 12.7. The van der Waals surface area contributed by atoms with Crippen molar-refractivity contribution in [2.45, 2.75) is 37.6 Å². The summed E-state index contributed by atoms with van der Waals surface area (Å²) in [6.07, 6.45) is 4.12. The second-order valence-electron chi connectivity index (χ2n) is 6.08. The molecule has 2 fully saturated rings. The highest BCUT2D eigenvalue weighted by Crippen LogP contribution is 2.31. The SMILES string of the molecule is Cn1c(C2CCOCC2)nc2sc(C3CCCN3)nc2c1=O. The quantitative estimate of drug-likeness (QED) is 0.912. The summed E-state index contributed by atoms with van der Waals surface area (Å²) in [6, 6.07) is 0.287. The topological polar surface area (TPSA) is 69.0 Å². The number of thiazole rings is 1. The summed E-state index contributed by atoms with van der Waals surface area (Å²) in [5.74, 6) is 1.20. The molecule has 6 nitrogen and oxygen atoms in total. The fourth-order valence-electron chi connectivity index (χ4n) is 3.35. The van der Waals surface area contributed by atoms with E-state index < -0.39 is 0 Å². The van der Waals surface area contributed by atoms with E-state index in [9.17, 15) is 4.79 Å². The van der Waals surface area contributed by atoms with Gasteiger partial charge < -0.3 is 10.1 Å². The standard InChI is InChI=1S/C15H20N4O2S/c1-19-12(9-4-7-21-8-5-9)18-14-11(15(19)20)17-13(22-14)10-3-2-6-16-10/h9-10,16H,2-8H2,1H3. The van der Waals surface area contributed by atoms with Gasteiger partial charge in [0.15, 0.2) is 10.3 Å². The van der Waals surface area contributed by atoms with Crippen molar-refractivity contribution in [3.63, 3.8) is 0 Å². The maximum atomic E-state index is 12.6. The summed E-state index contributed by atoms with van der Waals surface area (Å²) in [6.45, 7) is 2.52. The third kappa shape index (κ3) is 2.37. The summed E-state index contributed by atoms with van der Waals surface area (Å²) >= 11 is 1.57. The van der Waals surface area contributed by atoms with Crippen LogP contribution in [-0.4, -0.2) is 34.3 Å². The van der Waals surface area contributed by atoms with E-state index in [-0.39, 0.29) is 11.6 Å². The van der Waals surface area contributed by atoms with Crippen molar-refractivity contribution in [3.05, 3.63) is 21.2 Å². The number of ether oxygens (including phenoxy) is 1. The second kappa shape index (κ2) is 5.72. The number of fused-ring (bicyclic) bond motifs is 1. The van der Waals surface area contributed by atoms with Crippen LogP contribution in [0.3, 0.4) is 0 Å². The van der Waals surface area contributed by atoms with E-state index in [1.54, 1.807) is 15.9 Å². The monoisotopic (exact) mass is 320 g/mol. The largest absolute Gasteiger partial charge is 0.381 e. The van der Waals surface area contributed by atoms with E-state index in [0.717, 1.165) is 54.7 Å². The van der Waals surface area contributed by atoms with Gasteiger partial charge in [0.05, 0.1) is 6.04 Å². The van der Waals surface area contributed by atoms with Gasteiger partial charge in [-0.1, -0.05) is 11.3 Å². The highest BCUT2D eigenvalue weighted by atomic mass is 32.1. The van der Waals surface area contributed by atoms with Crippen LogP contribution in [0.1, 0.15) is 48.5 Å². The van der Waals surface area contributed by atoms with Gasteiger partial charge in [0.25, 0.3) is 5.56 Å². The van der Waals surface area contributed by atoms with Gasteiger partial charge in [-0.05, 0) is 32.2 Å². The molecule has 0 aromatic carbocycles. The van der Waals surface area contributed by atoms with Crippen LogP contribution in [0.15, 0.2) is 4.79 Å². The fraction of sp³-hybridized carbons (Fsp3) is 0.667. The van der Waals surface area contributed by atoms with Gasteiger partial charge in [-0.3, -0.25) is 9.36 Å². The Bertz CT molecular complexity index is 742. The Morgan fingerprint density at radius 2 is 2.09 bits per heavy atom. The molecular formula is C15H20N4O2S. The molecule has 4 heterocycles. The summed E-state index contributed by atoms with van der Waals surface area (Å²) in [5, 5.41) is 4.44. The molecule has 1 unspecified atom stereocenters. The minimum Gasteiger partial charge on any atom is -0.381 e. The molecule has 2 aliphatic rings. The Morgan fingerprint density at radius 1 is 1.27 bits per heavy atom. The first kappa shape index (κ1) is 14.3. The number of rotatable bonds is 2. The van der Waals surface area contributed by atoms with Gasteiger partial charge in [-0.15, -0.1) is 0 Å². The van der Waals surface area contributed by atoms with Crippen molar-refractivity contribution in [2.24, 2.45) is 7.05 Å². The number of nitrogens with zero attached hydrogens (tertiary/aromatic N) is 3. The molecule has 2 saturated heterocycles. The van der Waals surface area contributed by atoms with Gasteiger partial charge in [0.2, 0.25) is 0 Å². The van der Waals surface area contributed by atoms with Crippen LogP contribution in [-0.2, 0) is 11.8 Å². The minimum absolute atomic E-state index is 0.0213. The molecule has 0 amide bonds. The molecule has 22 heavy (non-hydrogen) atoms. The van der Waals surface area contributed by atoms with Crippen molar-refractivity contribution in [3.8, 4) is 0 Å². The average molecular weight is 320 g/mol. The lowest BCUT2D eigenvalue weighted by atomic mass is 9.99. The van der Waals surface area contributed by atoms with Crippen molar-refractivity contribution >= 4 is 21.7 Å². The average Bonchev–Trinajstić information content (AvgIpc) is 3.20. The van der Waals surface area contributed by atoms with E-state index in [4.69, 9.17) is 9.72 Å². The van der Waals surface area contributed by atoms with Gasteiger partial charge in [-0.25, -0.2) is 9.97 Å². The predicted molar refractivity (Wildman–Crippen MR) is 85.4 cm³/mol. The van der Waals surface area contributed by atoms with Crippen LogP contribution in [0.5, 0.6) is 0 Å². The fourth-order valence-corrected chi connectivity index (χ4v) is 4.40. The lowest BCUT2D eigenvalue weighted by molar-refractivity contribution is 0.0828. The van der Waals surface area contributed by atoms with E-state index in [1.165, 1.54) is 6.42 Å². The molecule has 0 aliphatic carbocycles. The van der Waals surface area contributed by atoms with Crippen molar-refractivity contribution in [1.29, 1.82) is 0 Å². The molecule has 1 N–H and O–H groups in total. The first-order valence-electron chi connectivity index (χ1n) is 7.92. The first-order valence-corrected chi connectivity index (χ1v) is 8.74. The Labute approximate surface area is 132 Å². The maximum absolute atomic E-state index is 12.6. The first-order chi connectivity index (χ1) is 10.7. The summed E-state index contributed by atoms with van der Waals surface area (Å²) in [5.41, 5.74) is 0.499. The zero-order chi connectivity index (χ0) is 15.1. The molecule has 1 atom stereocenters. The van der Waals surface area contributed by atoms with E-state index in [0.29, 0.717) is 11.4 Å². The summed E-state index contributed by atoms with van der Waals surface area (Å²) in [4.78, 5) is 22.8. The zero-order valence-corrected chi connectivity index (χ0v) is 13.5. The van der Waals surface area contributed by atoms with E-state index in [1.807, 2.05) is 7.05 Å². The van der Waals surface area contributed by atoms with E-state index in [2.05, 4.69) is 10.3 Å². The van der Waals surface area contributed by atoms with Crippen molar-refractivity contribution < 1.29 is 4.74 Å². The van der Waals surface area contributed by atoms with Crippen LogP contribution in [0, 0.1) is 0 Å². The molecule has 118 valence electrons. The van der Waals surface area contributed by atoms with Crippen LogP contribution >= 0.6 is 11.3 Å². The van der Waals surface area contributed by atoms with Crippen molar-refractivity contribution in [2.75, 3.05) is 19.8 Å². The smallest absolute Gasteiger partial charge is 0.280 e. The third-order valence-electron chi connectivity index (χ3n) is 4.64. The highest BCUT2D eigenvalue weighted by Gasteiger charge is 2.25. The lowest BCUT2D eigenvalue weighted by Crippen LogP contribution is -2.27. The number of hydrogen-bond acceptors (Lipinski definition) is 6. The number of hydrogen-bond donors (Lipinski definition) is 1. The van der Waals surface area contributed by atoms with Crippen LogP contribution in [0.25, 0.3) is 10.3 Å². The summed E-state index contributed by atoms with van der Waals surface area (Å²) in [7, 11) is 1.81. The maximum Gasteiger partial charge on any atom is 0.280 e. The molecule has 0 spiro atoms. The van der Waals surface area contributed by atoms with Gasteiger partial charge in [0.1, 0.15) is 10.8 Å². The van der Waals surface area contributed by atoms with Crippen LogP contribution < -0.4 is 10.9 Å². The number of aromatic nitrogens is 3. The minimum atomic E-state index is -0.0213. The Hall–Kier alpha value is -1.31. The Kier molecular flexibility index (Phi) is 3.71. The number of nitrogens with one attached hydrogen (secondary N) is 1. The van der Waals surface area contributed by atoms with Crippen LogP contribution in [0.2, 0.25) is 0 Å². The molecule has 4 rings (SSSR count). The molecule has 0 radical (unpaired) electrons. The Morgan fingerprint density at radius 3 is 2.82 bits per heavy atom. The molecule has 0 saturated carbocycles. The van der Waals surface area contributed by atoms with Gasteiger partial charge >= 0.3 is 0 Å². The van der Waals surface area contributed by atoms with Gasteiger partial charge in [-0.2, -0.15) is 0 Å². The highest BCUT2D eigenvalue weighted by molar-refractivity contribution is 7.18. The Balaban J connectivity index is 1.78. The summed E-state index contributed by atoms with van der Waals surface area (Å²) < 4.78 is 7.10. The molecule has 2 aromatic heterocycles. The van der Waals surface area contributed by atoms with Crippen LogP contribution in [0.4, 0.5) is 0 Å². The molecule has 7 heteroatoms. The molecule has 2 aliphatic heterocycles. The van der Waals surface area contributed by atoms with Crippen molar-refractivity contribution in [1.82, 2.24) is 19.9 Å². The molecule has 2 aromatic rings. The predicted octanol–water partition coefficient (Wildman–Crippen LogP) is 1.71. The van der Waals surface area contributed by atoms with E-state index >= 15 is 0 Å². The molecular weight excluding hydrogens is 300 g/mol. The van der Waals surface area contributed by atoms with Gasteiger partial charge in [0, 0.05) is 26.2 Å². The lowest BCUT2D eigenvalue weighted by Gasteiger charge is -2.22. The normalized spacial score (nSPS) is 23.4. The third-order valence-corrected chi connectivity index (χ3v) is 5.70. The second-order valence-corrected chi connectivity index (χ2v) is 7.08. The molecule has 0 bridgehead atoms.